The van der Waals surface area contributed by atoms with Gasteiger partial charge in [-0.1, -0.05) is 66.2 Å². The van der Waals surface area contributed by atoms with Crippen LogP contribution in [0.1, 0.15) is 33.9 Å². The largest absolute Gasteiger partial charge is 0.251 e. The van der Waals surface area contributed by atoms with E-state index in [-0.39, 0.29) is 0 Å². The van der Waals surface area contributed by atoms with Crippen molar-refractivity contribution in [2.45, 2.75) is 29.9 Å². The lowest BCUT2D eigenvalue weighted by Crippen LogP contribution is -2.27. The highest BCUT2D eigenvalue weighted by atomic mass is 32.2. The van der Waals surface area contributed by atoms with E-state index in [0.29, 0.717) is 11.2 Å². The number of benzene rings is 3. The van der Waals surface area contributed by atoms with E-state index in [1.165, 1.54) is 32.9 Å². The second-order valence-electron chi connectivity index (χ2n) is 7.22. The molecule has 3 aromatic carbocycles. The topological polar surface area (TPSA) is 12.4 Å². The Morgan fingerprint density at radius 2 is 1.65 bits per heavy atom. The van der Waals surface area contributed by atoms with Crippen LogP contribution in [0.2, 0.25) is 0 Å². The maximum absolute atomic E-state index is 5.19. The van der Waals surface area contributed by atoms with Crippen molar-refractivity contribution in [1.29, 1.82) is 0 Å². The van der Waals surface area contributed by atoms with Gasteiger partial charge in [-0.15, -0.1) is 11.8 Å². The van der Waals surface area contributed by atoms with Gasteiger partial charge in [0.1, 0.15) is 0 Å². The fourth-order valence-electron chi connectivity index (χ4n) is 4.13. The maximum atomic E-state index is 5.19. The SMILES string of the molecule is Cc1ccc([C@@H]2Sc3ccccc3N=C3c4ccccc4CC[C@H]32)cc1. The van der Waals surface area contributed by atoms with Gasteiger partial charge in [-0.05, 0) is 48.6 Å². The Balaban J connectivity index is 1.70. The molecule has 0 bridgehead atoms. The molecule has 0 spiro atoms. The lowest BCUT2D eigenvalue weighted by Gasteiger charge is -2.31. The quantitative estimate of drug-likeness (QED) is 0.484. The number of fused-ring (bicyclic) bond motifs is 4. The van der Waals surface area contributed by atoms with Crippen LogP contribution in [0.3, 0.4) is 0 Å². The molecule has 128 valence electrons. The average Bonchev–Trinajstić information content (AvgIpc) is 2.85. The van der Waals surface area contributed by atoms with E-state index in [0.717, 1.165) is 18.5 Å². The Morgan fingerprint density at radius 1 is 0.885 bits per heavy atom. The number of hydrogen-bond donors (Lipinski definition) is 0. The van der Waals surface area contributed by atoms with Gasteiger partial charge in [0.05, 0.1) is 11.4 Å². The van der Waals surface area contributed by atoms with Crippen LogP contribution in [-0.2, 0) is 6.42 Å². The molecular weight excluding hydrogens is 334 g/mol. The molecule has 3 aromatic rings. The van der Waals surface area contributed by atoms with Crippen molar-refractivity contribution >= 4 is 23.2 Å². The standard InChI is InChI=1S/C24H21NS/c1-16-10-12-18(13-11-16)24-20-15-14-17-6-2-3-7-19(17)23(20)25-21-8-4-5-9-22(21)26-24/h2-13,20,24H,14-15H2,1H3/t20-,24+/m1/s1. The number of para-hydroxylation sites is 1. The first-order valence-electron chi connectivity index (χ1n) is 9.29. The van der Waals surface area contributed by atoms with Gasteiger partial charge in [0.25, 0.3) is 0 Å². The van der Waals surface area contributed by atoms with Gasteiger partial charge in [-0.25, -0.2) is 0 Å². The monoisotopic (exact) mass is 355 g/mol. The van der Waals surface area contributed by atoms with Crippen LogP contribution < -0.4 is 0 Å². The summed E-state index contributed by atoms with van der Waals surface area (Å²) in [6, 6.07) is 26.5. The molecule has 0 saturated heterocycles. The number of nitrogens with zero attached hydrogens (tertiary/aromatic N) is 1. The van der Waals surface area contributed by atoms with Gasteiger partial charge in [-0.3, -0.25) is 4.99 Å². The van der Waals surface area contributed by atoms with Crippen LogP contribution in [0.15, 0.2) is 82.7 Å². The van der Waals surface area contributed by atoms with E-state index >= 15 is 0 Å². The molecule has 5 rings (SSSR count). The van der Waals surface area contributed by atoms with Crippen LogP contribution in [0, 0.1) is 12.8 Å². The molecule has 0 unspecified atom stereocenters. The summed E-state index contributed by atoms with van der Waals surface area (Å²) in [5.74, 6) is 0.449. The molecule has 2 heteroatoms. The van der Waals surface area contributed by atoms with Gasteiger partial charge in [0.15, 0.2) is 0 Å². The summed E-state index contributed by atoms with van der Waals surface area (Å²) in [6.45, 7) is 2.16. The Hall–Kier alpha value is -2.32. The zero-order valence-electron chi connectivity index (χ0n) is 14.9. The highest BCUT2D eigenvalue weighted by Crippen LogP contribution is 2.50. The van der Waals surface area contributed by atoms with E-state index in [1.54, 1.807) is 0 Å². The highest BCUT2D eigenvalue weighted by Gasteiger charge is 2.35. The van der Waals surface area contributed by atoms with E-state index in [4.69, 9.17) is 4.99 Å². The summed E-state index contributed by atoms with van der Waals surface area (Å²) in [7, 11) is 0. The minimum atomic E-state index is 0.409. The Kier molecular flexibility index (Phi) is 3.94. The van der Waals surface area contributed by atoms with Crippen LogP contribution in [-0.4, -0.2) is 5.71 Å². The first kappa shape index (κ1) is 15.9. The molecule has 0 radical (unpaired) electrons. The smallest absolute Gasteiger partial charge is 0.0769 e. The molecule has 26 heavy (non-hydrogen) atoms. The van der Waals surface area contributed by atoms with Gasteiger partial charge < -0.3 is 0 Å². The molecule has 0 aromatic heterocycles. The second kappa shape index (κ2) is 6.44. The number of aliphatic imine (C=N–C) groups is 1. The minimum absolute atomic E-state index is 0.409. The normalized spacial score (nSPS) is 21.0. The highest BCUT2D eigenvalue weighted by molar-refractivity contribution is 7.99. The molecule has 1 nitrogen and oxygen atoms in total. The zero-order valence-corrected chi connectivity index (χ0v) is 15.7. The van der Waals surface area contributed by atoms with Crippen molar-refractivity contribution in [2.75, 3.05) is 0 Å². The predicted octanol–water partition coefficient (Wildman–Crippen LogP) is 6.53. The van der Waals surface area contributed by atoms with Crippen LogP contribution in [0.25, 0.3) is 0 Å². The van der Waals surface area contributed by atoms with Crippen molar-refractivity contribution < 1.29 is 0 Å². The molecular formula is C24H21NS. The van der Waals surface area contributed by atoms with Gasteiger partial charge in [0, 0.05) is 16.1 Å². The van der Waals surface area contributed by atoms with Crippen molar-refractivity contribution in [3.05, 3.63) is 95.1 Å². The third kappa shape index (κ3) is 2.69. The molecule has 0 saturated carbocycles. The fraction of sp³-hybridized carbons (Fsp3) is 0.208. The average molecular weight is 356 g/mol. The first-order valence-corrected chi connectivity index (χ1v) is 10.2. The third-order valence-electron chi connectivity index (χ3n) is 5.50. The van der Waals surface area contributed by atoms with Crippen LogP contribution in [0.4, 0.5) is 5.69 Å². The summed E-state index contributed by atoms with van der Waals surface area (Å²) in [5, 5.41) is 0.409. The van der Waals surface area contributed by atoms with Crippen molar-refractivity contribution in [3.8, 4) is 0 Å². The van der Waals surface area contributed by atoms with Crippen molar-refractivity contribution in [1.82, 2.24) is 0 Å². The summed E-state index contributed by atoms with van der Waals surface area (Å²) >= 11 is 1.98. The van der Waals surface area contributed by atoms with Gasteiger partial charge in [-0.2, -0.15) is 0 Å². The number of aryl methyl sites for hydroxylation is 2. The Bertz CT molecular complexity index is 987. The van der Waals surface area contributed by atoms with E-state index in [9.17, 15) is 0 Å². The number of rotatable bonds is 1. The predicted molar refractivity (Wildman–Crippen MR) is 111 cm³/mol. The molecule has 1 aliphatic carbocycles. The molecule has 0 N–H and O–H groups in total. The van der Waals surface area contributed by atoms with Crippen LogP contribution >= 0.6 is 11.8 Å². The van der Waals surface area contributed by atoms with Crippen molar-refractivity contribution in [3.63, 3.8) is 0 Å². The van der Waals surface area contributed by atoms with Gasteiger partial charge >= 0.3 is 0 Å². The lowest BCUT2D eigenvalue weighted by molar-refractivity contribution is 0.597. The van der Waals surface area contributed by atoms with E-state index in [2.05, 4.69) is 79.7 Å². The lowest BCUT2D eigenvalue weighted by atomic mass is 9.78. The fourth-order valence-corrected chi connectivity index (χ4v) is 5.52. The maximum Gasteiger partial charge on any atom is 0.0769 e. The Morgan fingerprint density at radius 3 is 2.54 bits per heavy atom. The third-order valence-corrected chi connectivity index (χ3v) is 6.95. The Labute approximate surface area is 159 Å². The minimum Gasteiger partial charge on any atom is -0.251 e. The zero-order chi connectivity index (χ0) is 17.5. The van der Waals surface area contributed by atoms with Crippen molar-refractivity contribution in [2.24, 2.45) is 10.9 Å². The first-order chi connectivity index (χ1) is 12.8. The number of thioether (sulfide) groups is 1. The van der Waals surface area contributed by atoms with E-state index < -0.39 is 0 Å². The summed E-state index contributed by atoms with van der Waals surface area (Å²) in [6.07, 6.45) is 2.30. The summed E-state index contributed by atoms with van der Waals surface area (Å²) in [5.41, 5.74) is 7.90. The van der Waals surface area contributed by atoms with Gasteiger partial charge in [0.2, 0.25) is 0 Å². The molecule has 1 heterocycles. The second-order valence-corrected chi connectivity index (χ2v) is 8.40. The number of hydrogen-bond acceptors (Lipinski definition) is 2. The molecule has 2 atom stereocenters. The summed E-state index contributed by atoms with van der Waals surface area (Å²) < 4.78 is 0. The molecule has 0 fully saturated rings. The van der Waals surface area contributed by atoms with E-state index in [1.807, 2.05) is 11.8 Å². The van der Waals surface area contributed by atoms with Crippen LogP contribution in [0.5, 0.6) is 0 Å². The molecule has 1 aliphatic heterocycles. The molecule has 0 amide bonds. The summed E-state index contributed by atoms with van der Waals surface area (Å²) in [4.78, 5) is 6.48. The molecule has 2 aliphatic rings.